The lowest BCUT2D eigenvalue weighted by Crippen LogP contribution is -2.12. The molecule has 176 valence electrons. The summed E-state index contributed by atoms with van der Waals surface area (Å²) in [6.45, 7) is 22.2. The molecule has 9 heteroatoms. The maximum atomic E-state index is 7.73. The van der Waals surface area contributed by atoms with Crippen molar-refractivity contribution in [2.75, 3.05) is 0 Å². The number of aromatic nitrogens is 6. The Balaban J connectivity index is 1.94. The van der Waals surface area contributed by atoms with Gasteiger partial charge in [-0.2, -0.15) is 19.8 Å². The molecule has 0 atom stereocenters. The molecule has 0 saturated heterocycles. The number of benzene rings is 1. The number of fused-ring (bicyclic) bond motifs is 1. The fourth-order valence-corrected chi connectivity index (χ4v) is 3.95. The number of aryl methyl sites for hydroxylation is 3. The lowest BCUT2D eigenvalue weighted by Gasteiger charge is -2.15. The van der Waals surface area contributed by atoms with Gasteiger partial charge in [0.15, 0.2) is 23.0 Å². The third-order valence-corrected chi connectivity index (χ3v) is 5.63. The molecule has 0 aliphatic heterocycles. The second-order valence-electron chi connectivity index (χ2n) is 10.7. The topological polar surface area (TPSA) is 82.0 Å². The SMILES string of the molecule is [C-]#[N+]c1c(C(C)(C)C)nn(C)c1/N=N/c1c(C(C)(C)C)nn2c(-c3cccc(C)c3)nn(C)c12. The van der Waals surface area contributed by atoms with Crippen LogP contribution in [0.1, 0.15) is 58.5 Å². The second-order valence-corrected chi connectivity index (χ2v) is 10.7. The lowest BCUT2D eigenvalue weighted by atomic mass is 9.91. The highest BCUT2D eigenvalue weighted by Crippen LogP contribution is 2.41. The van der Waals surface area contributed by atoms with Crippen molar-refractivity contribution >= 4 is 22.8 Å². The van der Waals surface area contributed by atoms with Crippen LogP contribution in [0.25, 0.3) is 21.9 Å². The normalized spacial score (nSPS) is 12.7. The Hall–Kier alpha value is -3.80. The van der Waals surface area contributed by atoms with E-state index in [-0.39, 0.29) is 10.8 Å². The Kier molecular flexibility index (Phi) is 5.43. The van der Waals surface area contributed by atoms with Crippen molar-refractivity contribution in [3.8, 4) is 11.4 Å². The van der Waals surface area contributed by atoms with Crippen molar-refractivity contribution in [3.63, 3.8) is 0 Å². The van der Waals surface area contributed by atoms with Crippen LogP contribution in [-0.2, 0) is 24.9 Å². The predicted molar refractivity (Wildman–Crippen MR) is 133 cm³/mol. The first-order valence-corrected chi connectivity index (χ1v) is 11.2. The van der Waals surface area contributed by atoms with Crippen molar-refractivity contribution in [3.05, 3.63) is 52.6 Å². The summed E-state index contributed by atoms with van der Waals surface area (Å²) in [5.41, 5.74) is 4.88. The van der Waals surface area contributed by atoms with Crippen molar-refractivity contribution in [1.82, 2.24) is 29.2 Å². The van der Waals surface area contributed by atoms with Gasteiger partial charge < -0.3 is 0 Å². The quantitative estimate of drug-likeness (QED) is 0.266. The van der Waals surface area contributed by atoms with E-state index in [2.05, 4.69) is 60.0 Å². The average Bonchev–Trinajstić information content (AvgIpc) is 3.37. The highest BCUT2D eigenvalue weighted by atomic mass is 15.4. The molecule has 0 bridgehead atoms. The van der Waals surface area contributed by atoms with Gasteiger partial charge in [-0.25, -0.2) is 9.53 Å². The predicted octanol–water partition coefficient (Wildman–Crippen LogP) is 6.34. The van der Waals surface area contributed by atoms with Gasteiger partial charge in [0.2, 0.25) is 0 Å². The summed E-state index contributed by atoms with van der Waals surface area (Å²) in [5.74, 6) is 1.17. The first-order chi connectivity index (χ1) is 15.8. The van der Waals surface area contributed by atoms with Crippen molar-refractivity contribution in [1.29, 1.82) is 0 Å². The summed E-state index contributed by atoms with van der Waals surface area (Å²) in [6, 6.07) is 8.19. The highest BCUT2D eigenvalue weighted by molar-refractivity contribution is 5.73. The van der Waals surface area contributed by atoms with E-state index in [4.69, 9.17) is 16.8 Å². The standard InChI is InChI=1S/C25H31N9/c1-15-12-11-13-16(14-15)21-31-33(10)23-18(20(25(5,6)7)30-34(21)23)27-28-22-17(26-8)19(24(2,3)4)29-32(22)9/h11-14H,1-7,9-10H3/b28-27+. The maximum Gasteiger partial charge on any atom is 0.255 e. The molecule has 0 amide bonds. The zero-order valence-electron chi connectivity index (χ0n) is 21.3. The Labute approximate surface area is 199 Å². The monoisotopic (exact) mass is 457 g/mol. The number of azo groups is 1. The summed E-state index contributed by atoms with van der Waals surface area (Å²) in [4.78, 5) is 3.74. The molecule has 34 heavy (non-hydrogen) atoms. The van der Waals surface area contributed by atoms with E-state index >= 15 is 0 Å². The molecule has 0 fully saturated rings. The van der Waals surface area contributed by atoms with Crippen LogP contribution in [0.3, 0.4) is 0 Å². The lowest BCUT2D eigenvalue weighted by molar-refractivity contribution is 0.555. The van der Waals surface area contributed by atoms with Gasteiger partial charge in [0.1, 0.15) is 0 Å². The first kappa shape index (κ1) is 23.4. The van der Waals surface area contributed by atoms with Crippen LogP contribution in [0.5, 0.6) is 0 Å². The summed E-state index contributed by atoms with van der Waals surface area (Å²) < 4.78 is 5.24. The van der Waals surface area contributed by atoms with Crippen molar-refractivity contribution < 1.29 is 0 Å². The third-order valence-electron chi connectivity index (χ3n) is 5.63. The first-order valence-electron chi connectivity index (χ1n) is 11.2. The molecule has 0 unspecified atom stereocenters. The molecule has 4 rings (SSSR count). The fourth-order valence-electron chi connectivity index (χ4n) is 3.95. The van der Waals surface area contributed by atoms with Gasteiger partial charge in [0.05, 0.1) is 18.0 Å². The highest BCUT2D eigenvalue weighted by Gasteiger charge is 2.30. The van der Waals surface area contributed by atoms with E-state index < -0.39 is 0 Å². The molecule has 0 radical (unpaired) electrons. The average molecular weight is 458 g/mol. The Morgan fingerprint density at radius 3 is 2.15 bits per heavy atom. The molecule has 3 heterocycles. The van der Waals surface area contributed by atoms with Crippen LogP contribution >= 0.6 is 0 Å². The molecular weight excluding hydrogens is 426 g/mol. The van der Waals surface area contributed by atoms with Crippen molar-refractivity contribution in [2.45, 2.75) is 59.3 Å². The van der Waals surface area contributed by atoms with Gasteiger partial charge in [-0.3, -0.25) is 4.68 Å². The number of rotatable bonds is 3. The van der Waals surface area contributed by atoms with Gasteiger partial charge in [-0.05, 0) is 18.4 Å². The largest absolute Gasteiger partial charge is 0.260 e. The molecule has 0 spiro atoms. The molecule has 3 aromatic heterocycles. The van der Waals surface area contributed by atoms with E-state index in [1.54, 1.807) is 16.4 Å². The van der Waals surface area contributed by atoms with Gasteiger partial charge >= 0.3 is 0 Å². The number of hydrogen-bond donors (Lipinski definition) is 0. The zero-order chi connectivity index (χ0) is 25.0. The summed E-state index contributed by atoms with van der Waals surface area (Å²) in [6.07, 6.45) is 0. The molecule has 0 N–H and O–H groups in total. The molecule has 0 aliphatic rings. The van der Waals surface area contributed by atoms with Crippen LogP contribution in [0.2, 0.25) is 0 Å². The Morgan fingerprint density at radius 1 is 0.882 bits per heavy atom. The van der Waals surface area contributed by atoms with Gasteiger partial charge in [-0.1, -0.05) is 65.3 Å². The summed E-state index contributed by atoms with van der Waals surface area (Å²) in [7, 11) is 3.67. The molecular formula is C25H31N9. The van der Waals surface area contributed by atoms with E-state index in [1.807, 2.05) is 44.5 Å². The van der Waals surface area contributed by atoms with Crippen molar-refractivity contribution in [2.24, 2.45) is 24.3 Å². The minimum Gasteiger partial charge on any atom is -0.260 e. The number of hydrogen-bond acceptors (Lipinski definition) is 5. The van der Waals surface area contributed by atoms with Gasteiger partial charge in [0, 0.05) is 25.1 Å². The zero-order valence-corrected chi connectivity index (χ0v) is 21.3. The van der Waals surface area contributed by atoms with Gasteiger partial charge in [0.25, 0.3) is 5.69 Å². The summed E-state index contributed by atoms with van der Waals surface area (Å²) >= 11 is 0. The molecule has 4 aromatic rings. The summed E-state index contributed by atoms with van der Waals surface area (Å²) in [5, 5.41) is 23.4. The Bertz CT molecular complexity index is 1460. The van der Waals surface area contributed by atoms with E-state index in [0.717, 1.165) is 28.3 Å². The minimum absolute atomic E-state index is 0.280. The molecule has 9 nitrogen and oxygen atoms in total. The molecule has 0 saturated carbocycles. The van der Waals surface area contributed by atoms with Gasteiger partial charge in [-0.15, -0.1) is 10.2 Å². The van der Waals surface area contributed by atoms with Crippen LogP contribution in [0, 0.1) is 13.5 Å². The third kappa shape index (κ3) is 3.89. The van der Waals surface area contributed by atoms with Crippen LogP contribution in [-0.4, -0.2) is 29.2 Å². The maximum absolute atomic E-state index is 7.73. The molecule has 0 aliphatic carbocycles. The van der Waals surface area contributed by atoms with E-state index in [1.165, 1.54) is 0 Å². The second kappa shape index (κ2) is 7.90. The smallest absolute Gasteiger partial charge is 0.255 e. The fraction of sp³-hybridized carbons (Fsp3) is 0.440. The van der Waals surface area contributed by atoms with E-state index in [0.29, 0.717) is 22.9 Å². The van der Waals surface area contributed by atoms with Crippen LogP contribution in [0.15, 0.2) is 34.5 Å². The minimum atomic E-state index is -0.282. The number of nitrogens with zero attached hydrogens (tertiary/aromatic N) is 9. The van der Waals surface area contributed by atoms with E-state index in [9.17, 15) is 0 Å². The molecule has 1 aromatic carbocycles. The van der Waals surface area contributed by atoms with Crippen LogP contribution < -0.4 is 0 Å². The Morgan fingerprint density at radius 2 is 1.56 bits per heavy atom. The van der Waals surface area contributed by atoms with Crippen LogP contribution in [0.4, 0.5) is 17.2 Å².